The molecule has 2 unspecified atom stereocenters. The number of piperidine rings is 1. The number of hydrogen-bond donors (Lipinski definition) is 1. The Labute approximate surface area is 120 Å². The molecule has 1 fully saturated rings. The minimum absolute atomic E-state index is 0.204. The fraction of sp³-hybridized carbons (Fsp3) is 0.600. The molecule has 1 aromatic carbocycles. The number of nitrogens with zero attached hydrogens (tertiary/aromatic N) is 2. The highest BCUT2D eigenvalue weighted by Crippen LogP contribution is 2.38. The maximum absolute atomic E-state index is 11.5. The summed E-state index contributed by atoms with van der Waals surface area (Å²) in [6, 6.07) is 5.88. The summed E-state index contributed by atoms with van der Waals surface area (Å²) in [4.78, 5) is 13.4. The Morgan fingerprint density at radius 3 is 2.80 bits per heavy atom. The van der Waals surface area contributed by atoms with Crippen LogP contribution in [0.4, 0.5) is 17.1 Å². The minimum atomic E-state index is -0.266. The molecule has 5 nitrogen and oxygen atoms in total. The lowest BCUT2D eigenvalue weighted by molar-refractivity contribution is -0.383. The molecule has 1 saturated heterocycles. The van der Waals surface area contributed by atoms with Crippen molar-refractivity contribution in [2.24, 2.45) is 5.92 Å². The highest BCUT2D eigenvalue weighted by Gasteiger charge is 2.29. The van der Waals surface area contributed by atoms with E-state index in [4.69, 9.17) is 0 Å². The summed E-state index contributed by atoms with van der Waals surface area (Å²) < 4.78 is 0. The zero-order chi connectivity index (χ0) is 14.7. The van der Waals surface area contributed by atoms with Gasteiger partial charge in [-0.25, -0.2) is 0 Å². The van der Waals surface area contributed by atoms with E-state index in [1.165, 1.54) is 0 Å². The highest BCUT2D eigenvalue weighted by atomic mass is 16.6. The summed E-state index contributed by atoms with van der Waals surface area (Å²) in [5, 5.41) is 14.6. The quantitative estimate of drug-likeness (QED) is 0.674. The van der Waals surface area contributed by atoms with Gasteiger partial charge in [-0.15, -0.1) is 0 Å². The van der Waals surface area contributed by atoms with Gasteiger partial charge in [0.05, 0.1) is 4.92 Å². The molecule has 1 aliphatic rings. The van der Waals surface area contributed by atoms with Crippen molar-refractivity contribution < 1.29 is 4.92 Å². The first kappa shape index (κ1) is 14.6. The summed E-state index contributed by atoms with van der Waals surface area (Å²) in [6.45, 7) is 7.91. The molecule has 0 bridgehead atoms. The molecule has 0 aliphatic carbocycles. The minimum Gasteiger partial charge on any atom is -0.380 e. The lowest BCUT2D eigenvalue weighted by Crippen LogP contribution is -2.40. The van der Waals surface area contributed by atoms with Crippen LogP contribution in [-0.2, 0) is 0 Å². The fourth-order valence-electron chi connectivity index (χ4n) is 3.05. The molecule has 1 N–H and O–H groups in total. The van der Waals surface area contributed by atoms with Crippen LogP contribution in [0.2, 0.25) is 0 Å². The summed E-state index contributed by atoms with van der Waals surface area (Å²) in [5.74, 6) is 0.692. The Hall–Kier alpha value is -1.78. The third-order valence-electron chi connectivity index (χ3n) is 4.01. The van der Waals surface area contributed by atoms with Crippen molar-refractivity contribution in [3.8, 4) is 0 Å². The summed E-state index contributed by atoms with van der Waals surface area (Å²) in [7, 11) is 0. The molecule has 1 aromatic rings. The molecule has 20 heavy (non-hydrogen) atoms. The molecule has 110 valence electrons. The molecular formula is C15H23N3O2. The summed E-state index contributed by atoms with van der Waals surface area (Å²) in [6.07, 6.45) is 2.18. The second-order valence-electron chi connectivity index (χ2n) is 5.63. The van der Waals surface area contributed by atoms with Gasteiger partial charge < -0.3 is 10.2 Å². The Morgan fingerprint density at radius 1 is 1.45 bits per heavy atom. The fourth-order valence-corrected chi connectivity index (χ4v) is 3.05. The maximum Gasteiger partial charge on any atom is 0.315 e. The average Bonchev–Trinajstić information content (AvgIpc) is 2.38. The van der Waals surface area contributed by atoms with Gasteiger partial charge in [-0.2, -0.15) is 0 Å². The number of anilines is 2. The number of rotatable bonds is 4. The third kappa shape index (κ3) is 2.86. The lowest BCUT2D eigenvalue weighted by atomic mass is 9.92. The third-order valence-corrected chi connectivity index (χ3v) is 4.01. The number of nitro groups is 1. The van der Waals surface area contributed by atoms with E-state index >= 15 is 0 Å². The van der Waals surface area contributed by atoms with Gasteiger partial charge in [0.25, 0.3) is 0 Å². The van der Waals surface area contributed by atoms with E-state index in [1.807, 2.05) is 19.1 Å². The van der Waals surface area contributed by atoms with E-state index < -0.39 is 0 Å². The van der Waals surface area contributed by atoms with Gasteiger partial charge in [0.15, 0.2) is 0 Å². The zero-order valence-corrected chi connectivity index (χ0v) is 12.4. The van der Waals surface area contributed by atoms with Crippen molar-refractivity contribution in [1.29, 1.82) is 0 Å². The molecule has 0 spiro atoms. The summed E-state index contributed by atoms with van der Waals surface area (Å²) in [5.41, 5.74) is 1.56. The zero-order valence-electron chi connectivity index (χ0n) is 12.4. The van der Waals surface area contributed by atoms with Crippen molar-refractivity contribution in [2.75, 3.05) is 23.3 Å². The molecule has 0 amide bonds. The van der Waals surface area contributed by atoms with Crippen molar-refractivity contribution in [2.45, 2.75) is 39.7 Å². The van der Waals surface area contributed by atoms with Crippen LogP contribution in [0.25, 0.3) is 0 Å². The van der Waals surface area contributed by atoms with Crippen LogP contribution < -0.4 is 10.2 Å². The molecule has 1 heterocycles. The van der Waals surface area contributed by atoms with E-state index in [0.29, 0.717) is 24.2 Å². The SMILES string of the molecule is CCNc1cccc(N2CCC(C)CC2C)c1[N+](=O)[O-]. The molecule has 5 heteroatoms. The number of para-hydroxylation sites is 1. The Morgan fingerprint density at radius 2 is 2.20 bits per heavy atom. The predicted octanol–water partition coefficient (Wildman–Crippen LogP) is 3.65. The highest BCUT2D eigenvalue weighted by molar-refractivity contribution is 5.77. The van der Waals surface area contributed by atoms with Gasteiger partial charge in [0, 0.05) is 19.1 Å². The van der Waals surface area contributed by atoms with Gasteiger partial charge >= 0.3 is 5.69 Å². The second-order valence-corrected chi connectivity index (χ2v) is 5.63. The number of nitro benzene ring substituents is 1. The molecule has 1 aliphatic heterocycles. The first-order valence-corrected chi connectivity index (χ1v) is 7.32. The van der Waals surface area contributed by atoms with E-state index in [1.54, 1.807) is 6.07 Å². The lowest BCUT2D eigenvalue weighted by Gasteiger charge is -2.38. The van der Waals surface area contributed by atoms with Crippen molar-refractivity contribution in [3.05, 3.63) is 28.3 Å². The van der Waals surface area contributed by atoms with Gasteiger partial charge in [0.1, 0.15) is 11.4 Å². The van der Waals surface area contributed by atoms with Crippen LogP contribution in [0, 0.1) is 16.0 Å². The first-order chi connectivity index (χ1) is 9.54. The second kappa shape index (κ2) is 6.11. The van der Waals surface area contributed by atoms with Crippen LogP contribution in [0.15, 0.2) is 18.2 Å². The molecule has 2 rings (SSSR count). The molecule has 2 atom stereocenters. The topological polar surface area (TPSA) is 58.4 Å². The number of benzene rings is 1. The maximum atomic E-state index is 11.5. The van der Waals surface area contributed by atoms with Gasteiger partial charge in [-0.05, 0) is 44.7 Å². The summed E-state index contributed by atoms with van der Waals surface area (Å²) >= 11 is 0. The van der Waals surface area contributed by atoms with Crippen LogP contribution >= 0.6 is 0 Å². The standard InChI is InChI=1S/C15H23N3O2/c1-4-16-13-6-5-7-14(15(13)18(19)20)17-9-8-11(2)10-12(17)3/h5-7,11-12,16H,4,8-10H2,1-3H3. The van der Waals surface area contributed by atoms with E-state index in [9.17, 15) is 10.1 Å². The van der Waals surface area contributed by atoms with E-state index in [0.717, 1.165) is 25.1 Å². The van der Waals surface area contributed by atoms with Crippen LogP contribution in [-0.4, -0.2) is 24.1 Å². The van der Waals surface area contributed by atoms with E-state index in [-0.39, 0.29) is 10.6 Å². The van der Waals surface area contributed by atoms with Crippen LogP contribution in [0.3, 0.4) is 0 Å². The van der Waals surface area contributed by atoms with Crippen molar-refractivity contribution in [3.63, 3.8) is 0 Å². The Bertz CT molecular complexity index is 490. The largest absolute Gasteiger partial charge is 0.380 e. The molecular weight excluding hydrogens is 254 g/mol. The first-order valence-electron chi connectivity index (χ1n) is 7.32. The van der Waals surface area contributed by atoms with Crippen LogP contribution in [0.5, 0.6) is 0 Å². The van der Waals surface area contributed by atoms with Crippen molar-refractivity contribution >= 4 is 17.1 Å². The van der Waals surface area contributed by atoms with Crippen LogP contribution in [0.1, 0.15) is 33.6 Å². The van der Waals surface area contributed by atoms with Gasteiger partial charge in [-0.1, -0.05) is 13.0 Å². The van der Waals surface area contributed by atoms with Crippen molar-refractivity contribution in [1.82, 2.24) is 0 Å². The average molecular weight is 277 g/mol. The Balaban J connectivity index is 2.40. The van der Waals surface area contributed by atoms with E-state index in [2.05, 4.69) is 24.1 Å². The molecule has 0 radical (unpaired) electrons. The van der Waals surface area contributed by atoms with Gasteiger partial charge in [-0.3, -0.25) is 10.1 Å². The molecule has 0 aromatic heterocycles. The number of nitrogens with one attached hydrogen (secondary N) is 1. The smallest absolute Gasteiger partial charge is 0.315 e. The Kier molecular flexibility index (Phi) is 4.47. The molecule has 0 saturated carbocycles. The predicted molar refractivity (Wildman–Crippen MR) is 82.5 cm³/mol. The normalized spacial score (nSPS) is 22.6. The monoisotopic (exact) mass is 277 g/mol. The number of hydrogen-bond acceptors (Lipinski definition) is 4. The van der Waals surface area contributed by atoms with Gasteiger partial charge in [0.2, 0.25) is 0 Å².